The molecule has 0 aliphatic carbocycles. The number of rotatable bonds is 6. The molecule has 0 spiro atoms. The fraction of sp³-hybridized carbons (Fsp3) is 0.333. The summed E-state index contributed by atoms with van der Waals surface area (Å²) in [5.74, 6) is 0.956. The number of piperazine rings is 1. The van der Waals surface area contributed by atoms with E-state index >= 15 is 0 Å². The maximum atomic E-state index is 12.7. The standard InChI is InChI=1S/C27H29F3N2O2/c1-19-15-31(24-9-11-25(33)12-10-24)16-20(2)32(19)17-21-5-13-26(14-6-21)34-18-22-3-7-23(8-4-22)27(28,29)30/h3-14,19-20,33H,15-18H2,1-2H3. The van der Waals surface area contributed by atoms with E-state index in [9.17, 15) is 18.3 Å². The predicted octanol–water partition coefficient (Wildman–Crippen LogP) is 6.09. The molecule has 3 aromatic rings. The Morgan fingerprint density at radius 1 is 0.824 bits per heavy atom. The SMILES string of the molecule is CC1CN(c2ccc(O)cc2)CC(C)N1Cc1ccc(OCc2ccc(C(F)(F)F)cc2)cc1. The van der Waals surface area contributed by atoms with Crippen molar-refractivity contribution in [1.82, 2.24) is 4.90 Å². The fourth-order valence-corrected chi connectivity index (χ4v) is 4.40. The van der Waals surface area contributed by atoms with Gasteiger partial charge < -0.3 is 14.7 Å². The van der Waals surface area contributed by atoms with Crippen molar-refractivity contribution in [3.05, 3.63) is 89.5 Å². The second-order valence-electron chi connectivity index (χ2n) is 8.92. The number of phenols is 1. The second-order valence-corrected chi connectivity index (χ2v) is 8.92. The zero-order valence-corrected chi connectivity index (χ0v) is 19.3. The quantitative estimate of drug-likeness (QED) is 0.473. The number of alkyl halides is 3. The highest BCUT2D eigenvalue weighted by atomic mass is 19.4. The molecular weight excluding hydrogens is 441 g/mol. The van der Waals surface area contributed by atoms with Gasteiger partial charge in [-0.05, 0) is 73.5 Å². The molecule has 1 saturated heterocycles. The zero-order valence-electron chi connectivity index (χ0n) is 19.3. The molecule has 0 radical (unpaired) electrons. The Kier molecular flexibility index (Phi) is 7.03. The highest BCUT2D eigenvalue weighted by molar-refractivity contribution is 5.49. The third kappa shape index (κ3) is 5.83. The van der Waals surface area contributed by atoms with Gasteiger partial charge in [0.15, 0.2) is 0 Å². The molecule has 3 aromatic carbocycles. The zero-order chi connectivity index (χ0) is 24.3. The van der Waals surface area contributed by atoms with Crippen molar-refractivity contribution in [1.29, 1.82) is 0 Å². The molecule has 0 aromatic heterocycles. The van der Waals surface area contributed by atoms with Gasteiger partial charge in [-0.1, -0.05) is 24.3 Å². The van der Waals surface area contributed by atoms with E-state index in [4.69, 9.17) is 4.74 Å². The van der Waals surface area contributed by atoms with Crippen LogP contribution in [0.2, 0.25) is 0 Å². The van der Waals surface area contributed by atoms with E-state index in [1.54, 1.807) is 12.1 Å². The highest BCUT2D eigenvalue weighted by Crippen LogP contribution is 2.29. The second kappa shape index (κ2) is 9.97. The van der Waals surface area contributed by atoms with Crippen LogP contribution in [0.15, 0.2) is 72.8 Å². The van der Waals surface area contributed by atoms with E-state index in [0.29, 0.717) is 23.4 Å². The van der Waals surface area contributed by atoms with Gasteiger partial charge in [0.05, 0.1) is 5.56 Å². The van der Waals surface area contributed by atoms with Crippen LogP contribution in [0.4, 0.5) is 18.9 Å². The molecule has 180 valence electrons. The summed E-state index contributed by atoms with van der Waals surface area (Å²) in [7, 11) is 0. The van der Waals surface area contributed by atoms with Crippen molar-refractivity contribution in [2.24, 2.45) is 0 Å². The van der Waals surface area contributed by atoms with Crippen LogP contribution in [-0.2, 0) is 19.3 Å². The monoisotopic (exact) mass is 470 g/mol. The van der Waals surface area contributed by atoms with Gasteiger partial charge in [0, 0.05) is 37.4 Å². The van der Waals surface area contributed by atoms with Gasteiger partial charge in [-0.25, -0.2) is 0 Å². The average molecular weight is 471 g/mol. The minimum Gasteiger partial charge on any atom is -0.508 e. The van der Waals surface area contributed by atoms with E-state index in [0.717, 1.165) is 37.5 Å². The number of nitrogens with zero attached hydrogens (tertiary/aromatic N) is 2. The lowest BCUT2D eigenvalue weighted by Gasteiger charge is -2.45. The number of anilines is 1. The molecule has 1 aliphatic heterocycles. The fourth-order valence-electron chi connectivity index (χ4n) is 4.40. The van der Waals surface area contributed by atoms with Crippen LogP contribution < -0.4 is 9.64 Å². The first-order chi connectivity index (χ1) is 16.2. The highest BCUT2D eigenvalue weighted by Gasteiger charge is 2.30. The Bertz CT molecular complexity index is 1060. The molecule has 0 amide bonds. The van der Waals surface area contributed by atoms with E-state index in [-0.39, 0.29) is 12.4 Å². The Hall–Kier alpha value is -3.19. The third-order valence-corrected chi connectivity index (χ3v) is 6.29. The van der Waals surface area contributed by atoms with E-state index in [1.807, 2.05) is 36.4 Å². The van der Waals surface area contributed by atoms with Gasteiger partial charge in [-0.3, -0.25) is 4.90 Å². The van der Waals surface area contributed by atoms with Gasteiger partial charge in [-0.2, -0.15) is 13.2 Å². The van der Waals surface area contributed by atoms with Gasteiger partial charge in [0.2, 0.25) is 0 Å². The molecule has 4 rings (SSSR count). The number of phenolic OH excluding ortho intramolecular Hbond substituents is 1. The van der Waals surface area contributed by atoms with Crippen LogP contribution in [0.5, 0.6) is 11.5 Å². The van der Waals surface area contributed by atoms with Gasteiger partial charge in [0.1, 0.15) is 18.1 Å². The largest absolute Gasteiger partial charge is 0.508 e. The molecule has 1 heterocycles. The Labute approximate surface area is 198 Å². The van der Waals surface area contributed by atoms with E-state index < -0.39 is 11.7 Å². The topological polar surface area (TPSA) is 35.9 Å². The summed E-state index contributed by atoms with van der Waals surface area (Å²) in [5.41, 5.74) is 2.32. The maximum Gasteiger partial charge on any atom is 0.416 e. The van der Waals surface area contributed by atoms with Crippen LogP contribution in [0.25, 0.3) is 0 Å². The Morgan fingerprint density at radius 2 is 1.38 bits per heavy atom. The molecule has 0 saturated carbocycles. The summed E-state index contributed by atoms with van der Waals surface area (Å²) in [6.07, 6.45) is -4.33. The predicted molar refractivity (Wildman–Crippen MR) is 127 cm³/mol. The normalized spacial score (nSPS) is 19.3. The lowest BCUT2D eigenvalue weighted by atomic mass is 10.0. The van der Waals surface area contributed by atoms with Gasteiger partial charge >= 0.3 is 6.18 Å². The summed E-state index contributed by atoms with van der Waals surface area (Å²) >= 11 is 0. The molecule has 1 fully saturated rings. The van der Waals surface area contributed by atoms with E-state index in [1.165, 1.54) is 17.7 Å². The van der Waals surface area contributed by atoms with Crippen molar-refractivity contribution in [2.45, 2.75) is 45.3 Å². The van der Waals surface area contributed by atoms with Crippen LogP contribution >= 0.6 is 0 Å². The van der Waals surface area contributed by atoms with Crippen LogP contribution in [0.1, 0.15) is 30.5 Å². The number of benzene rings is 3. The third-order valence-electron chi connectivity index (χ3n) is 6.29. The molecule has 34 heavy (non-hydrogen) atoms. The molecule has 2 unspecified atom stereocenters. The first-order valence-electron chi connectivity index (χ1n) is 11.4. The van der Waals surface area contributed by atoms with Gasteiger partial charge in [-0.15, -0.1) is 0 Å². The number of hydrogen-bond acceptors (Lipinski definition) is 4. The number of ether oxygens (including phenoxy) is 1. The van der Waals surface area contributed by atoms with Gasteiger partial charge in [0.25, 0.3) is 0 Å². The summed E-state index contributed by atoms with van der Waals surface area (Å²) in [6, 6.07) is 21.0. The maximum absolute atomic E-state index is 12.7. The summed E-state index contributed by atoms with van der Waals surface area (Å²) in [6.45, 7) is 7.30. The smallest absolute Gasteiger partial charge is 0.416 e. The summed E-state index contributed by atoms with van der Waals surface area (Å²) in [4.78, 5) is 4.83. The number of aromatic hydroxyl groups is 1. The van der Waals surface area contributed by atoms with Crippen LogP contribution in [0.3, 0.4) is 0 Å². The molecule has 4 nitrogen and oxygen atoms in total. The number of hydrogen-bond donors (Lipinski definition) is 1. The lowest BCUT2D eigenvalue weighted by molar-refractivity contribution is -0.137. The molecule has 0 bridgehead atoms. The Balaban J connectivity index is 1.31. The molecule has 7 heteroatoms. The first kappa shape index (κ1) is 24.0. The van der Waals surface area contributed by atoms with Crippen molar-refractivity contribution >= 4 is 5.69 Å². The number of halogens is 3. The van der Waals surface area contributed by atoms with Crippen LogP contribution in [-0.4, -0.2) is 35.2 Å². The summed E-state index contributed by atoms with van der Waals surface area (Å²) in [5, 5.41) is 9.54. The van der Waals surface area contributed by atoms with E-state index in [2.05, 4.69) is 23.6 Å². The Morgan fingerprint density at radius 3 is 1.94 bits per heavy atom. The van der Waals surface area contributed by atoms with Crippen molar-refractivity contribution < 1.29 is 23.0 Å². The minimum atomic E-state index is -4.33. The van der Waals surface area contributed by atoms with Crippen molar-refractivity contribution in [3.8, 4) is 11.5 Å². The average Bonchev–Trinajstić information content (AvgIpc) is 2.81. The van der Waals surface area contributed by atoms with Crippen LogP contribution in [0, 0.1) is 0 Å². The summed E-state index contributed by atoms with van der Waals surface area (Å²) < 4.78 is 43.8. The molecular formula is C27H29F3N2O2. The molecule has 1 aliphatic rings. The molecule has 1 N–H and O–H groups in total. The first-order valence-corrected chi connectivity index (χ1v) is 11.4. The van der Waals surface area contributed by atoms with Crippen molar-refractivity contribution in [3.63, 3.8) is 0 Å². The molecule has 2 atom stereocenters. The lowest BCUT2D eigenvalue weighted by Crippen LogP contribution is -2.56. The minimum absolute atomic E-state index is 0.213. The van der Waals surface area contributed by atoms with Crippen molar-refractivity contribution in [2.75, 3.05) is 18.0 Å².